The van der Waals surface area contributed by atoms with E-state index in [0.717, 1.165) is 11.3 Å². The minimum Gasteiger partial charge on any atom is -0.480 e. The van der Waals surface area contributed by atoms with Crippen LogP contribution in [0.25, 0.3) is 5.69 Å². The summed E-state index contributed by atoms with van der Waals surface area (Å²) in [4.78, 5) is 22.9. The van der Waals surface area contributed by atoms with Gasteiger partial charge >= 0.3 is 5.97 Å². The molecule has 3 N–H and O–H groups in total. The normalized spacial score (nSPS) is 12.1. The number of tetrazole rings is 1. The number of thiophene rings is 1. The van der Waals surface area contributed by atoms with Gasteiger partial charge in [-0.2, -0.15) is 4.68 Å². The largest absolute Gasteiger partial charge is 0.480 e. The molecule has 0 saturated carbocycles. The van der Waals surface area contributed by atoms with Crippen molar-refractivity contribution in [1.82, 2.24) is 25.5 Å². The van der Waals surface area contributed by atoms with Crippen molar-refractivity contribution in [2.75, 3.05) is 6.61 Å². The topological polar surface area (TPSA) is 130 Å². The van der Waals surface area contributed by atoms with Crippen molar-refractivity contribution < 1.29 is 19.8 Å². The van der Waals surface area contributed by atoms with Crippen molar-refractivity contribution in [2.45, 2.75) is 6.04 Å². The highest BCUT2D eigenvalue weighted by Crippen LogP contribution is 2.19. The molecule has 100 valence electrons. The van der Waals surface area contributed by atoms with Crippen LogP contribution in [0.5, 0.6) is 0 Å². The van der Waals surface area contributed by atoms with Gasteiger partial charge in [-0.25, -0.2) is 4.79 Å². The van der Waals surface area contributed by atoms with E-state index in [9.17, 15) is 9.59 Å². The molecule has 0 spiro atoms. The molecule has 0 radical (unpaired) electrons. The van der Waals surface area contributed by atoms with Crippen LogP contribution < -0.4 is 5.32 Å². The van der Waals surface area contributed by atoms with Gasteiger partial charge in [-0.15, -0.1) is 16.4 Å². The Morgan fingerprint density at radius 2 is 2.32 bits per heavy atom. The summed E-state index contributed by atoms with van der Waals surface area (Å²) >= 11 is 1.12. The Bertz CT molecular complexity index is 581. The van der Waals surface area contributed by atoms with E-state index in [-0.39, 0.29) is 4.88 Å². The van der Waals surface area contributed by atoms with Crippen molar-refractivity contribution in [3.05, 3.63) is 22.7 Å². The van der Waals surface area contributed by atoms with E-state index < -0.39 is 24.5 Å². The quantitative estimate of drug-likeness (QED) is 0.634. The van der Waals surface area contributed by atoms with E-state index >= 15 is 0 Å². The molecular formula is C9H9N5O4S. The Kier molecular flexibility index (Phi) is 3.82. The van der Waals surface area contributed by atoms with E-state index in [4.69, 9.17) is 10.2 Å². The number of carbonyl (C=O) groups is 2. The van der Waals surface area contributed by atoms with Gasteiger partial charge in [0.25, 0.3) is 5.91 Å². The highest BCUT2D eigenvalue weighted by molar-refractivity contribution is 7.12. The number of aliphatic carboxylic acids is 1. The van der Waals surface area contributed by atoms with Gasteiger partial charge in [0.15, 0.2) is 6.04 Å². The smallest absolute Gasteiger partial charge is 0.328 e. The Hall–Kier alpha value is -2.33. The molecule has 2 rings (SSSR count). The molecule has 2 aromatic rings. The second-order valence-corrected chi connectivity index (χ2v) is 4.35. The molecule has 0 aliphatic rings. The van der Waals surface area contributed by atoms with Crippen LogP contribution in [-0.4, -0.2) is 54.9 Å². The van der Waals surface area contributed by atoms with E-state index in [0.29, 0.717) is 5.69 Å². The molecule has 1 amide bonds. The predicted molar refractivity (Wildman–Crippen MR) is 63.0 cm³/mol. The van der Waals surface area contributed by atoms with Gasteiger partial charge in [-0.3, -0.25) is 4.79 Å². The molecule has 0 aliphatic heterocycles. The van der Waals surface area contributed by atoms with Crippen LogP contribution in [-0.2, 0) is 4.79 Å². The lowest BCUT2D eigenvalue weighted by molar-refractivity contribution is -0.140. The van der Waals surface area contributed by atoms with Crippen molar-refractivity contribution in [3.8, 4) is 5.69 Å². The molecule has 2 heterocycles. The van der Waals surface area contributed by atoms with E-state index in [2.05, 4.69) is 20.8 Å². The lowest BCUT2D eigenvalue weighted by Crippen LogP contribution is -2.43. The van der Waals surface area contributed by atoms with Crippen molar-refractivity contribution >= 4 is 23.2 Å². The minimum atomic E-state index is -1.35. The predicted octanol–water partition coefficient (Wildman–Crippen LogP) is -1.10. The highest BCUT2D eigenvalue weighted by atomic mass is 32.1. The van der Waals surface area contributed by atoms with Crippen LogP contribution in [0.1, 0.15) is 9.67 Å². The zero-order chi connectivity index (χ0) is 13.8. The van der Waals surface area contributed by atoms with E-state index in [1.54, 1.807) is 11.4 Å². The van der Waals surface area contributed by atoms with Crippen LogP contribution in [0.2, 0.25) is 0 Å². The Morgan fingerprint density at radius 1 is 1.53 bits per heavy atom. The average Bonchev–Trinajstić information content (AvgIpc) is 3.03. The molecule has 0 saturated heterocycles. The molecule has 0 aromatic carbocycles. The first-order valence-corrected chi connectivity index (χ1v) is 5.97. The van der Waals surface area contributed by atoms with Crippen LogP contribution in [0.4, 0.5) is 0 Å². The number of nitrogens with zero attached hydrogens (tertiary/aromatic N) is 4. The molecular weight excluding hydrogens is 274 g/mol. The third kappa shape index (κ3) is 2.74. The summed E-state index contributed by atoms with van der Waals surface area (Å²) in [5.74, 6) is -1.92. The van der Waals surface area contributed by atoms with Gasteiger partial charge in [0, 0.05) is 0 Å². The summed E-state index contributed by atoms with van der Waals surface area (Å²) in [7, 11) is 0. The number of hydrogen-bond donors (Lipinski definition) is 3. The molecule has 0 bridgehead atoms. The number of hydrogen-bond acceptors (Lipinski definition) is 7. The fourth-order valence-electron chi connectivity index (χ4n) is 1.33. The van der Waals surface area contributed by atoms with Gasteiger partial charge in [-0.1, -0.05) is 0 Å². The number of aliphatic hydroxyl groups excluding tert-OH is 1. The Balaban J connectivity index is 2.21. The number of nitrogens with one attached hydrogen (secondary N) is 1. The number of rotatable bonds is 5. The molecule has 2 aromatic heterocycles. The summed E-state index contributed by atoms with van der Waals surface area (Å²) < 4.78 is 1.29. The van der Waals surface area contributed by atoms with Crippen molar-refractivity contribution in [1.29, 1.82) is 0 Å². The average molecular weight is 283 g/mol. The third-order valence-corrected chi connectivity index (χ3v) is 3.13. The van der Waals surface area contributed by atoms with Gasteiger partial charge in [0.1, 0.15) is 11.2 Å². The number of carboxylic acids is 1. The van der Waals surface area contributed by atoms with E-state index in [1.807, 2.05) is 0 Å². The molecule has 1 atom stereocenters. The van der Waals surface area contributed by atoms with Crippen molar-refractivity contribution in [2.24, 2.45) is 0 Å². The number of aliphatic hydroxyl groups is 1. The molecule has 10 heteroatoms. The Morgan fingerprint density at radius 3 is 2.89 bits per heavy atom. The maximum atomic E-state index is 11.9. The number of amides is 1. The monoisotopic (exact) mass is 283 g/mol. The summed E-state index contributed by atoms with van der Waals surface area (Å²) in [5.41, 5.74) is 0.439. The summed E-state index contributed by atoms with van der Waals surface area (Å²) in [6.07, 6.45) is 1.32. The lowest BCUT2D eigenvalue weighted by atomic mass is 10.3. The van der Waals surface area contributed by atoms with Gasteiger partial charge in [0.05, 0.1) is 12.3 Å². The van der Waals surface area contributed by atoms with Gasteiger partial charge < -0.3 is 15.5 Å². The molecule has 1 unspecified atom stereocenters. The van der Waals surface area contributed by atoms with E-state index in [1.165, 1.54) is 11.0 Å². The second-order valence-electron chi connectivity index (χ2n) is 3.44. The van der Waals surface area contributed by atoms with Gasteiger partial charge in [-0.05, 0) is 21.9 Å². The SMILES string of the molecule is O=C(NC(CO)C(=O)O)c1sccc1-n1cnnn1. The summed E-state index contributed by atoms with van der Waals surface area (Å²) in [6.45, 7) is -0.688. The van der Waals surface area contributed by atoms with Crippen LogP contribution in [0.3, 0.4) is 0 Å². The van der Waals surface area contributed by atoms with Crippen LogP contribution >= 0.6 is 11.3 Å². The summed E-state index contributed by atoms with van der Waals surface area (Å²) in [5, 5.41) is 32.1. The zero-order valence-corrected chi connectivity index (χ0v) is 10.2. The number of carbonyl (C=O) groups excluding carboxylic acids is 1. The molecule has 0 aliphatic carbocycles. The van der Waals surface area contributed by atoms with Crippen LogP contribution in [0, 0.1) is 0 Å². The maximum Gasteiger partial charge on any atom is 0.328 e. The number of aromatic nitrogens is 4. The first-order valence-electron chi connectivity index (χ1n) is 5.09. The standard InChI is InChI=1S/C9H9N5O4S/c15-3-5(9(17)18)11-8(16)7-6(1-2-19-7)14-4-10-12-13-14/h1-2,4-5,15H,3H2,(H,11,16)(H,17,18). The maximum absolute atomic E-state index is 11.9. The summed E-state index contributed by atoms with van der Waals surface area (Å²) in [6, 6.07) is 0.279. The lowest BCUT2D eigenvalue weighted by Gasteiger charge is -2.11. The van der Waals surface area contributed by atoms with Crippen molar-refractivity contribution in [3.63, 3.8) is 0 Å². The Labute approximate surface area is 110 Å². The minimum absolute atomic E-state index is 0.256. The molecule has 19 heavy (non-hydrogen) atoms. The second kappa shape index (κ2) is 5.54. The molecule has 9 nitrogen and oxygen atoms in total. The molecule has 0 fully saturated rings. The van der Waals surface area contributed by atoms with Crippen LogP contribution in [0.15, 0.2) is 17.8 Å². The first kappa shape index (κ1) is 13.1. The first-order chi connectivity index (χ1) is 9.13. The fraction of sp³-hybridized carbons (Fsp3) is 0.222. The number of carboxylic acid groups (broad SMARTS) is 1. The fourth-order valence-corrected chi connectivity index (χ4v) is 2.12. The zero-order valence-electron chi connectivity index (χ0n) is 9.42. The highest BCUT2D eigenvalue weighted by Gasteiger charge is 2.22. The van der Waals surface area contributed by atoms with Gasteiger partial charge in [0.2, 0.25) is 0 Å². The third-order valence-electron chi connectivity index (χ3n) is 2.23.